The van der Waals surface area contributed by atoms with E-state index in [1.54, 1.807) is 12.1 Å². The number of nitrogens with one attached hydrogen (secondary N) is 1. The van der Waals surface area contributed by atoms with E-state index in [1.165, 1.54) is 0 Å². The van der Waals surface area contributed by atoms with Crippen LogP contribution in [0.2, 0.25) is 0 Å². The van der Waals surface area contributed by atoms with Gasteiger partial charge in [-0.1, -0.05) is 32.4 Å². The van der Waals surface area contributed by atoms with E-state index in [4.69, 9.17) is 0 Å². The van der Waals surface area contributed by atoms with E-state index >= 15 is 0 Å². The van der Waals surface area contributed by atoms with E-state index in [0.29, 0.717) is 17.9 Å². The minimum atomic E-state index is -0.763. The third-order valence-electron chi connectivity index (χ3n) is 3.27. The Balaban J connectivity index is 2.77. The number of benzene rings is 1. The molecule has 0 aliphatic carbocycles. The molecule has 96 valence electrons. The normalized spacial score (nSPS) is 14.6. The van der Waals surface area contributed by atoms with E-state index in [-0.39, 0.29) is 6.04 Å². The monoisotopic (exact) mass is 241 g/mol. The third-order valence-corrected chi connectivity index (χ3v) is 3.27. The smallest absolute Gasteiger partial charge is 0.162 e. The molecular formula is C14H21F2N. The molecule has 0 spiro atoms. The van der Waals surface area contributed by atoms with Gasteiger partial charge in [0.1, 0.15) is 0 Å². The zero-order valence-corrected chi connectivity index (χ0v) is 10.8. The Morgan fingerprint density at radius 2 is 2.00 bits per heavy atom. The van der Waals surface area contributed by atoms with Gasteiger partial charge in [0.05, 0.1) is 0 Å². The van der Waals surface area contributed by atoms with Crippen molar-refractivity contribution in [2.24, 2.45) is 5.92 Å². The Bertz CT molecular complexity index is 352. The summed E-state index contributed by atoms with van der Waals surface area (Å²) in [6, 6.07) is 4.56. The molecule has 1 aromatic rings. The predicted molar refractivity (Wildman–Crippen MR) is 67.0 cm³/mol. The molecule has 0 aliphatic rings. The molecule has 0 amide bonds. The molecule has 0 heterocycles. The van der Waals surface area contributed by atoms with Crippen molar-refractivity contribution < 1.29 is 8.78 Å². The summed E-state index contributed by atoms with van der Waals surface area (Å²) in [7, 11) is 1.87. The lowest BCUT2D eigenvalue weighted by molar-refractivity contribution is 0.366. The molecule has 1 aromatic carbocycles. The Labute approximate surface area is 102 Å². The standard InChI is InChI=1S/C14H21F2N/c1-4-6-10(2)13(17-3)9-11-7-5-8-12(15)14(11)16/h5,7-8,10,13,17H,4,6,9H2,1-3H3. The van der Waals surface area contributed by atoms with Gasteiger partial charge in [-0.05, 0) is 37.4 Å². The largest absolute Gasteiger partial charge is 0.316 e. The topological polar surface area (TPSA) is 12.0 Å². The maximum absolute atomic E-state index is 13.5. The molecule has 0 fully saturated rings. The average Bonchev–Trinajstić information content (AvgIpc) is 2.31. The average molecular weight is 241 g/mol. The lowest BCUT2D eigenvalue weighted by Crippen LogP contribution is -2.34. The second-order valence-electron chi connectivity index (χ2n) is 4.58. The lowest BCUT2D eigenvalue weighted by Gasteiger charge is -2.23. The van der Waals surface area contributed by atoms with Gasteiger partial charge in [-0.3, -0.25) is 0 Å². The van der Waals surface area contributed by atoms with Crippen molar-refractivity contribution in [1.29, 1.82) is 0 Å². The van der Waals surface area contributed by atoms with Crippen LogP contribution in [0.15, 0.2) is 18.2 Å². The molecule has 0 saturated heterocycles. The van der Waals surface area contributed by atoms with Gasteiger partial charge in [0.15, 0.2) is 11.6 Å². The van der Waals surface area contributed by atoms with Crippen LogP contribution >= 0.6 is 0 Å². The van der Waals surface area contributed by atoms with Crippen molar-refractivity contribution in [3.8, 4) is 0 Å². The van der Waals surface area contributed by atoms with Crippen LogP contribution in [0.25, 0.3) is 0 Å². The summed E-state index contributed by atoms with van der Waals surface area (Å²) in [5.74, 6) is -1.02. The van der Waals surface area contributed by atoms with Gasteiger partial charge < -0.3 is 5.32 Å². The fourth-order valence-corrected chi connectivity index (χ4v) is 2.19. The SMILES string of the molecule is CCCC(C)C(Cc1cccc(F)c1F)NC. The molecule has 1 rings (SSSR count). The zero-order chi connectivity index (χ0) is 12.8. The van der Waals surface area contributed by atoms with Gasteiger partial charge in [-0.25, -0.2) is 8.78 Å². The number of halogens is 2. The van der Waals surface area contributed by atoms with E-state index < -0.39 is 11.6 Å². The number of hydrogen-bond donors (Lipinski definition) is 1. The molecule has 0 aromatic heterocycles. The van der Waals surface area contributed by atoms with Crippen LogP contribution in [0.1, 0.15) is 32.3 Å². The van der Waals surface area contributed by atoms with Gasteiger partial charge in [-0.2, -0.15) is 0 Å². The van der Waals surface area contributed by atoms with Crippen LogP contribution in [-0.4, -0.2) is 13.1 Å². The molecular weight excluding hydrogens is 220 g/mol. The molecule has 0 radical (unpaired) electrons. The maximum atomic E-state index is 13.5. The first-order valence-corrected chi connectivity index (χ1v) is 6.20. The highest BCUT2D eigenvalue weighted by Gasteiger charge is 2.18. The van der Waals surface area contributed by atoms with Gasteiger partial charge >= 0.3 is 0 Å². The van der Waals surface area contributed by atoms with Crippen molar-refractivity contribution in [2.75, 3.05) is 7.05 Å². The first-order valence-electron chi connectivity index (χ1n) is 6.20. The molecule has 0 bridgehead atoms. The summed E-state index contributed by atoms with van der Waals surface area (Å²) in [4.78, 5) is 0. The highest BCUT2D eigenvalue weighted by molar-refractivity contribution is 5.20. The second kappa shape index (κ2) is 6.70. The van der Waals surface area contributed by atoms with Crippen LogP contribution in [0.4, 0.5) is 8.78 Å². The van der Waals surface area contributed by atoms with Crippen molar-refractivity contribution in [3.63, 3.8) is 0 Å². The summed E-state index contributed by atoms with van der Waals surface area (Å²) in [5.41, 5.74) is 0.451. The highest BCUT2D eigenvalue weighted by atomic mass is 19.2. The van der Waals surface area contributed by atoms with E-state index in [9.17, 15) is 8.78 Å². The second-order valence-corrected chi connectivity index (χ2v) is 4.58. The van der Waals surface area contributed by atoms with Gasteiger partial charge in [0.2, 0.25) is 0 Å². The summed E-state index contributed by atoms with van der Waals surface area (Å²) in [6.45, 7) is 4.27. The highest BCUT2D eigenvalue weighted by Crippen LogP contribution is 2.18. The van der Waals surface area contributed by atoms with Crippen LogP contribution in [0.5, 0.6) is 0 Å². The van der Waals surface area contributed by atoms with E-state index in [0.717, 1.165) is 18.9 Å². The molecule has 17 heavy (non-hydrogen) atoms. The molecule has 1 N–H and O–H groups in total. The van der Waals surface area contributed by atoms with Gasteiger partial charge in [0, 0.05) is 6.04 Å². The van der Waals surface area contributed by atoms with Gasteiger partial charge in [0.25, 0.3) is 0 Å². The van der Waals surface area contributed by atoms with Crippen LogP contribution in [0, 0.1) is 17.6 Å². The van der Waals surface area contributed by atoms with Crippen molar-refractivity contribution in [3.05, 3.63) is 35.4 Å². The summed E-state index contributed by atoms with van der Waals surface area (Å²) in [6.07, 6.45) is 2.72. The molecule has 0 aliphatic heterocycles. The molecule has 2 unspecified atom stereocenters. The summed E-state index contributed by atoms with van der Waals surface area (Å²) in [5, 5.41) is 3.19. The minimum absolute atomic E-state index is 0.186. The first kappa shape index (κ1) is 14.1. The Hall–Kier alpha value is -0.960. The van der Waals surface area contributed by atoms with Crippen LogP contribution < -0.4 is 5.32 Å². The Morgan fingerprint density at radius 3 is 2.59 bits per heavy atom. The predicted octanol–water partition coefficient (Wildman–Crippen LogP) is 3.53. The number of hydrogen-bond acceptors (Lipinski definition) is 1. The van der Waals surface area contributed by atoms with E-state index in [1.807, 2.05) is 7.05 Å². The quantitative estimate of drug-likeness (QED) is 0.803. The van der Waals surface area contributed by atoms with Crippen molar-refractivity contribution >= 4 is 0 Å². The fraction of sp³-hybridized carbons (Fsp3) is 0.571. The molecule has 1 nitrogen and oxygen atoms in total. The van der Waals surface area contributed by atoms with Crippen LogP contribution in [0.3, 0.4) is 0 Å². The maximum Gasteiger partial charge on any atom is 0.162 e. The number of likely N-dealkylation sites (N-methyl/N-ethyl adjacent to an activating group) is 1. The Morgan fingerprint density at radius 1 is 1.29 bits per heavy atom. The van der Waals surface area contributed by atoms with Crippen molar-refractivity contribution in [2.45, 2.75) is 39.2 Å². The summed E-state index contributed by atoms with van der Waals surface area (Å²) >= 11 is 0. The summed E-state index contributed by atoms with van der Waals surface area (Å²) < 4.78 is 26.6. The third kappa shape index (κ3) is 3.77. The fourth-order valence-electron chi connectivity index (χ4n) is 2.19. The zero-order valence-electron chi connectivity index (χ0n) is 10.8. The molecule has 3 heteroatoms. The minimum Gasteiger partial charge on any atom is -0.316 e. The van der Waals surface area contributed by atoms with Gasteiger partial charge in [-0.15, -0.1) is 0 Å². The van der Waals surface area contributed by atoms with E-state index in [2.05, 4.69) is 19.2 Å². The van der Waals surface area contributed by atoms with Crippen molar-refractivity contribution in [1.82, 2.24) is 5.32 Å². The molecule has 0 saturated carbocycles. The molecule has 2 atom stereocenters. The first-order chi connectivity index (χ1) is 8.10. The lowest BCUT2D eigenvalue weighted by atomic mass is 9.91. The number of rotatable bonds is 6. The van der Waals surface area contributed by atoms with Crippen LogP contribution in [-0.2, 0) is 6.42 Å². The Kier molecular flexibility index (Phi) is 5.56.